The molecule has 0 radical (unpaired) electrons. The molecule has 24 heavy (non-hydrogen) atoms. The number of piperazine rings is 1. The summed E-state index contributed by atoms with van der Waals surface area (Å²) in [5, 5.41) is 6.03. The van der Waals surface area contributed by atoms with Crippen molar-refractivity contribution in [2.24, 2.45) is 4.99 Å². The van der Waals surface area contributed by atoms with Crippen LogP contribution in [0.25, 0.3) is 0 Å². The van der Waals surface area contributed by atoms with Gasteiger partial charge in [-0.3, -0.25) is 4.79 Å². The Labute approximate surface area is 160 Å². The minimum absolute atomic E-state index is 0. The number of carbonyl (C=O) groups excluding carboxylic acids is 1. The van der Waals surface area contributed by atoms with Gasteiger partial charge in [-0.1, -0.05) is 6.07 Å². The van der Waals surface area contributed by atoms with E-state index in [1.807, 2.05) is 38.2 Å². The van der Waals surface area contributed by atoms with Crippen LogP contribution in [0.3, 0.4) is 0 Å². The number of hydrogen-bond acceptors (Lipinski definition) is 4. The van der Waals surface area contributed by atoms with Gasteiger partial charge in [-0.15, -0.1) is 24.0 Å². The number of guanidine groups is 1. The molecule has 1 amide bonds. The van der Waals surface area contributed by atoms with E-state index in [2.05, 4.69) is 30.4 Å². The van der Waals surface area contributed by atoms with Gasteiger partial charge in [0.05, 0.1) is 0 Å². The van der Waals surface area contributed by atoms with E-state index in [9.17, 15) is 4.79 Å². The van der Waals surface area contributed by atoms with Gasteiger partial charge in [-0.05, 0) is 26.0 Å². The minimum atomic E-state index is -0.0463. The molecule has 1 fully saturated rings. The molecule has 2 N–H and O–H groups in total. The lowest BCUT2D eigenvalue weighted by molar-refractivity contribution is -0.119. The third-order valence-electron chi connectivity index (χ3n) is 3.63. The smallest absolute Gasteiger partial charge is 0.241 e. The number of hydrogen-bond donors (Lipinski definition) is 2. The van der Waals surface area contributed by atoms with Gasteiger partial charge in [0, 0.05) is 45.5 Å². The van der Waals surface area contributed by atoms with Gasteiger partial charge >= 0.3 is 0 Å². The SMILES string of the molecule is CCNC(=O)CN=C(NCC)N1CCN(c2ccccn2)CC1.I. The third-order valence-corrected chi connectivity index (χ3v) is 3.63. The summed E-state index contributed by atoms with van der Waals surface area (Å²) in [4.78, 5) is 24.9. The highest BCUT2D eigenvalue weighted by molar-refractivity contribution is 14.0. The van der Waals surface area contributed by atoms with E-state index in [1.165, 1.54) is 0 Å². The lowest BCUT2D eigenvalue weighted by atomic mass is 10.3. The zero-order valence-electron chi connectivity index (χ0n) is 14.4. The van der Waals surface area contributed by atoms with Crippen molar-refractivity contribution in [3.05, 3.63) is 24.4 Å². The van der Waals surface area contributed by atoms with E-state index >= 15 is 0 Å². The number of pyridine rings is 1. The first kappa shape index (κ1) is 20.5. The number of halogens is 1. The van der Waals surface area contributed by atoms with Gasteiger partial charge in [-0.2, -0.15) is 0 Å². The Balaban J connectivity index is 0.00000288. The Kier molecular flexibility index (Phi) is 9.43. The van der Waals surface area contributed by atoms with Crippen molar-refractivity contribution in [3.8, 4) is 0 Å². The molecule has 0 spiro atoms. The van der Waals surface area contributed by atoms with Crippen molar-refractivity contribution >= 4 is 41.7 Å². The Morgan fingerprint density at radius 2 is 1.88 bits per heavy atom. The van der Waals surface area contributed by atoms with E-state index < -0.39 is 0 Å². The van der Waals surface area contributed by atoms with E-state index in [0.29, 0.717) is 6.54 Å². The van der Waals surface area contributed by atoms with E-state index in [0.717, 1.165) is 44.5 Å². The van der Waals surface area contributed by atoms with Crippen LogP contribution in [0.1, 0.15) is 13.8 Å². The van der Waals surface area contributed by atoms with Crippen LogP contribution < -0.4 is 15.5 Å². The van der Waals surface area contributed by atoms with Crippen LogP contribution in [0.4, 0.5) is 5.82 Å². The molecule has 1 aromatic rings. The molecule has 0 aliphatic carbocycles. The number of nitrogens with one attached hydrogen (secondary N) is 2. The summed E-state index contributed by atoms with van der Waals surface area (Å²) in [6.45, 7) is 9.02. The Morgan fingerprint density at radius 1 is 1.17 bits per heavy atom. The molecule has 0 atom stereocenters. The maximum Gasteiger partial charge on any atom is 0.241 e. The molecule has 2 rings (SSSR count). The Morgan fingerprint density at radius 3 is 2.46 bits per heavy atom. The fourth-order valence-electron chi connectivity index (χ4n) is 2.51. The molecule has 8 heteroatoms. The molecule has 1 aliphatic heterocycles. The summed E-state index contributed by atoms with van der Waals surface area (Å²) in [6, 6.07) is 5.97. The number of carbonyl (C=O) groups is 1. The summed E-state index contributed by atoms with van der Waals surface area (Å²) < 4.78 is 0. The van der Waals surface area contributed by atoms with Gasteiger partial charge in [0.1, 0.15) is 12.4 Å². The molecular formula is C16H27IN6O. The van der Waals surface area contributed by atoms with Crippen molar-refractivity contribution in [2.45, 2.75) is 13.8 Å². The van der Waals surface area contributed by atoms with Gasteiger partial charge in [0.2, 0.25) is 5.91 Å². The lowest BCUT2D eigenvalue weighted by Gasteiger charge is -2.37. The average Bonchev–Trinajstić information content (AvgIpc) is 2.60. The lowest BCUT2D eigenvalue weighted by Crippen LogP contribution is -2.53. The predicted molar refractivity (Wildman–Crippen MR) is 108 cm³/mol. The molecule has 0 unspecified atom stereocenters. The molecule has 1 aliphatic rings. The van der Waals surface area contributed by atoms with Crippen molar-refractivity contribution in [3.63, 3.8) is 0 Å². The summed E-state index contributed by atoms with van der Waals surface area (Å²) in [5.41, 5.74) is 0. The van der Waals surface area contributed by atoms with E-state index in [4.69, 9.17) is 0 Å². The summed E-state index contributed by atoms with van der Waals surface area (Å²) >= 11 is 0. The highest BCUT2D eigenvalue weighted by atomic mass is 127. The first-order valence-corrected chi connectivity index (χ1v) is 8.20. The van der Waals surface area contributed by atoms with E-state index in [1.54, 1.807) is 0 Å². The van der Waals surface area contributed by atoms with Gasteiger partial charge in [0.15, 0.2) is 5.96 Å². The van der Waals surface area contributed by atoms with Crippen molar-refractivity contribution in [1.82, 2.24) is 20.5 Å². The predicted octanol–water partition coefficient (Wildman–Crippen LogP) is 0.923. The van der Waals surface area contributed by atoms with Crippen LogP contribution in [0.2, 0.25) is 0 Å². The van der Waals surface area contributed by atoms with Crippen LogP contribution in [0.5, 0.6) is 0 Å². The van der Waals surface area contributed by atoms with Crippen molar-refractivity contribution < 1.29 is 4.79 Å². The number of anilines is 1. The molecule has 0 bridgehead atoms. The van der Waals surface area contributed by atoms with Crippen molar-refractivity contribution in [1.29, 1.82) is 0 Å². The highest BCUT2D eigenvalue weighted by Gasteiger charge is 2.20. The molecule has 0 saturated carbocycles. The summed E-state index contributed by atoms with van der Waals surface area (Å²) in [5.74, 6) is 1.77. The topological polar surface area (TPSA) is 72.9 Å². The van der Waals surface area contributed by atoms with Crippen LogP contribution in [-0.2, 0) is 4.79 Å². The van der Waals surface area contributed by atoms with Crippen LogP contribution in [0.15, 0.2) is 29.4 Å². The minimum Gasteiger partial charge on any atom is -0.357 e. The van der Waals surface area contributed by atoms with Gasteiger partial charge in [0.25, 0.3) is 0 Å². The second kappa shape index (κ2) is 11.1. The van der Waals surface area contributed by atoms with Crippen molar-refractivity contribution in [2.75, 3.05) is 50.7 Å². The second-order valence-corrected chi connectivity index (χ2v) is 5.29. The first-order valence-electron chi connectivity index (χ1n) is 8.20. The summed E-state index contributed by atoms with van der Waals surface area (Å²) in [7, 11) is 0. The molecular weight excluding hydrogens is 419 g/mol. The molecule has 7 nitrogen and oxygen atoms in total. The number of aliphatic imine (C=N–C) groups is 1. The maximum atomic E-state index is 11.6. The molecule has 1 aromatic heterocycles. The maximum absolute atomic E-state index is 11.6. The second-order valence-electron chi connectivity index (χ2n) is 5.29. The zero-order valence-corrected chi connectivity index (χ0v) is 16.7. The monoisotopic (exact) mass is 446 g/mol. The average molecular weight is 446 g/mol. The van der Waals surface area contributed by atoms with E-state index in [-0.39, 0.29) is 36.4 Å². The fourth-order valence-corrected chi connectivity index (χ4v) is 2.51. The van der Waals surface area contributed by atoms with Crippen LogP contribution >= 0.6 is 24.0 Å². The van der Waals surface area contributed by atoms with Crippen LogP contribution in [-0.4, -0.2) is 67.6 Å². The molecule has 1 saturated heterocycles. The fraction of sp³-hybridized carbons (Fsp3) is 0.562. The standard InChI is InChI=1S/C16H26N6O.HI/c1-3-17-15(23)13-20-16(18-4-2)22-11-9-21(10-12-22)14-7-5-6-8-19-14;/h5-8H,3-4,9-13H2,1-2H3,(H,17,23)(H,18,20);1H. The number of amides is 1. The Hall–Kier alpha value is -1.58. The quantitative estimate of drug-likeness (QED) is 0.400. The highest BCUT2D eigenvalue weighted by Crippen LogP contribution is 2.12. The molecule has 0 aromatic carbocycles. The van der Waals surface area contributed by atoms with Crippen LogP contribution in [0, 0.1) is 0 Å². The number of likely N-dealkylation sites (N-methyl/N-ethyl adjacent to an activating group) is 1. The third kappa shape index (κ3) is 6.14. The summed E-state index contributed by atoms with van der Waals surface area (Å²) in [6.07, 6.45) is 1.82. The largest absolute Gasteiger partial charge is 0.357 e. The number of aromatic nitrogens is 1. The molecule has 134 valence electrons. The van der Waals surface area contributed by atoms with Gasteiger partial charge in [-0.25, -0.2) is 9.98 Å². The zero-order chi connectivity index (χ0) is 16.5. The first-order chi connectivity index (χ1) is 11.2. The normalized spacial score (nSPS) is 14.8. The Bertz CT molecular complexity index is 517. The number of rotatable bonds is 5. The molecule has 2 heterocycles. The number of nitrogens with zero attached hydrogens (tertiary/aromatic N) is 4. The van der Waals surface area contributed by atoms with Gasteiger partial charge < -0.3 is 20.4 Å².